The van der Waals surface area contributed by atoms with Crippen LogP contribution in [0.3, 0.4) is 0 Å². The van der Waals surface area contributed by atoms with E-state index in [1.165, 1.54) is 22.9 Å². The van der Waals surface area contributed by atoms with Crippen molar-refractivity contribution in [3.8, 4) is 5.69 Å². The predicted octanol–water partition coefficient (Wildman–Crippen LogP) is 4.59. The number of benzene rings is 2. The van der Waals surface area contributed by atoms with Crippen LogP contribution in [-0.4, -0.2) is 33.9 Å². The molecule has 1 atom stereocenters. The third-order valence-corrected chi connectivity index (χ3v) is 7.41. The molecule has 0 radical (unpaired) electrons. The van der Waals surface area contributed by atoms with Crippen LogP contribution in [-0.2, 0) is 16.0 Å². The lowest BCUT2D eigenvalue weighted by Gasteiger charge is -2.28. The van der Waals surface area contributed by atoms with E-state index < -0.39 is 0 Å². The summed E-state index contributed by atoms with van der Waals surface area (Å²) in [6.45, 7) is 2.46. The number of carbonyl (C=O) groups is 2. The van der Waals surface area contributed by atoms with Crippen molar-refractivity contribution in [2.75, 3.05) is 17.2 Å². The molecule has 0 saturated heterocycles. The van der Waals surface area contributed by atoms with E-state index in [0.717, 1.165) is 41.4 Å². The number of hydrogen-bond donors (Lipinski definition) is 1. The fourth-order valence-electron chi connectivity index (χ4n) is 4.82. The summed E-state index contributed by atoms with van der Waals surface area (Å²) in [5.41, 5.74) is 5.27. The number of rotatable bonds is 6. The molecule has 3 aromatic rings. The Balaban J connectivity index is 1.24. The third-order valence-electron chi connectivity index (χ3n) is 6.38. The van der Waals surface area contributed by atoms with Crippen LogP contribution in [0, 0.1) is 6.92 Å². The van der Waals surface area contributed by atoms with E-state index in [4.69, 9.17) is 5.10 Å². The van der Waals surface area contributed by atoms with Gasteiger partial charge < -0.3 is 10.2 Å². The van der Waals surface area contributed by atoms with Gasteiger partial charge in [0, 0.05) is 13.0 Å². The standard InChI is InChI=1S/C26H28N4O2S/c1-18-25-26(30(28-18)20-11-3-2-4-12-20)33-17-24(32)29(25)16-8-15-23(31)27-22-14-7-10-19-9-5-6-13-21(19)22/h2-6,9,11-13,22H,7-8,10,14-17H2,1H3,(H,27,31)/t22-/m0/s1. The number of fused-ring (bicyclic) bond motifs is 2. The van der Waals surface area contributed by atoms with E-state index in [9.17, 15) is 9.59 Å². The number of nitrogens with zero attached hydrogens (tertiary/aromatic N) is 3. The van der Waals surface area contributed by atoms with Crippen LogP contribution in [0.2, 0.25) is 0 Å². The molecule has 1 N–H and O–H groups in total. The van der Waals surface area contributed by atoms with Gasteiger partial charge in [-0.05, 0) is 55.9 Å². The highest BCUT2D eigenvalue weighted by Gasteiger charge is 2.31. The minimum Gasteiger partial charge on any atom is -0.349 e. The average Bonchev–Trinajstić information content (AvgIpc) is 3.18. The summed E-state index contributed by atoms with van der Waals surface area (Å²) < 4.78 is 1.92. The molecule has 2 aromatic carbocycles. The van der Waals surface area contributed by atoms with Crippen molar-refractivity contribution in [2.24, 2.45) is 0 Å². The van der Waals surface area contributed by atoms with Crippen LogP contribution in [0.5, 0.6) is 0 Å². The van der Waals surface area contributed by atoms with Crippen LogP contribution in [0.15, 0.2) is 59.6 Å². The highest BCUT2D eigenvalue weighted by molar-refractivity contribution is 8.00. The first-order chi connectivity index (χ1) is 16.1. The number of nitrogens with one attached hydrogen (secondary N) is 1. The first-order valence-corrected chi connectivity index (χ1v) is 12.6. The molecule has 2 heterocycles. The molecule has 0 spiro atoms. The number of aryl methyl sites for hydroxylation is 2. The number of thioether (sulfide) groups is 1. The van der Waals surface area contributed by atoms with Crippen molar-refractivity contribution in [2.45, 2.75) is 50.1 Å². The lowest BCUT2D eigenvalue weighted by Crippen LogP contribution is -2.37. The summed E-state index contributed by atoms with van der Waals surface area (Å²) in [4.78, 5) is 27.3. The Kier molecular flexibility index (Phi) is 6.22. The molecule has 170 valence electrons. The highest BCUT2D eigenvalue weighted by atomic mass is 32.2. The minimum absolute atomic E-state index is 0.0486. The van der Waals surface area contributed by atoms with Crippen molar-refractivity contribution >= 4 is 29.3 Å². The molecule has 7 heteroatoms. The average molecular weight is 461 g/mol. The third kappa shape index (κ3) is 4.42. The van der Waals surface area contributed by atoms with Crippen molar-refractivity contribution in [1.29, 1.82) is 0 Å². The van der Waals surface area contributed by atoms with Gasteiger partial charge >= 0.3 is 0 Å². The van der Waals surface area contributed by atoms with Gasteiger partial charge in [0.1, 0.15) is 5.03 Å². The lowest BCUT2D eigenvalue weighted by atomic mass is 9.87. The maximum Gasteiger partial charge on any atom is 0.237 e. The van der Waals surface area contributed by atoms with Gasteiger partial charge in [0.15, 0.2) is 0 Å². The second kappa shape index (κ2) is 9.43. The Morgan fingerprint density at radius 2 is 1.94 bits per heavy atom. The van der Waals surface area contributed by atoms with Gasteiger partial charge in [0.2, 0.25) is 11.8 Å². The molecule has 1 aromatic heterocycles. The van der Waals surface area contributed by atoms with E-state index in [1.807, 2.05) is 52.9 Å². The van der Waals surface area contributed by atoms with Crippen molar-refractivity contribution in [3.05, 3.63) is 71.4 Å². The Bertz CT molecular complexity index is 1170. The summed E-state index contributed by atoms with van der Waals surface area (Å²) in [6.07, 6.45) is 4.17. The Labute approximate surface area is 198 Å². The normalized spacial score (nSPS) is 17.4. The topological polar surface area (TPSA) is 67.2 Å². The summed E-state index contributed by atoms with van der Waals surface area (Å²) in [5, 5.41) is 8.92. The number of carbonyl (C=O) groups excluding carboxylic acids is 2. The van der Waals surface area contributed by atoms with Gasteiger partial charge in [-0.25, -0.2) is 4.68 Å². The van der Waals surface area contributed by atoms with Crippen molar-refractivity contribution in [1.82, 2.24) is 15.1 Å². The summed E-state index contributed by atoms with van der Waals surface area (Å²) >= 11 is 1.53. The van der Waals surface area contributed by atoms with Gasteiger partial charge in [0.05, 0.1) is 28.9 Å². The largest absolute Gasteiger partial charge is 0.349 e. The van der Waals surface area contributed by atoms with Gasteiger partial charge in [-0.3, -0.25) is 9.59 Å². The second-order valence-corrected chi connectivity index (χ2v) is 9.60. The van der Waals surface area contributed by atoms with E-state index >= 15 is 0 Å². The smallest absolute Gasteiger partial charge is 0.237 e. The van der Waals surface area contributed by atoms with Crippen LogP contribution in [0.25, 0.3) is 5.69 Å². The van der Waals surface area contributed by atoms with Crippen LogP contribution < -0.4 is 10.2 Å². The van der Waals surface area contributed by atoms with Crippen LogP contribution in [0.4, 0.5) is 5.69 Å². The molecule has 5 rings (SSSR count). The molecule has 6 nitrogen and oxygen atoms in total. The summed E-state index contributed by atoms with van der Waals surface area (Å²) in [5.74, 6) is 0.507. The Morgan fingerprint density at radius 3 is 2.79 bits per heavy atom. The number of hydrogen-bond acceptors (Lipinski definition) is 4. The Morgan fingerprint density at radius 1 is 1.15 bits per heavy atom. The van der Waals surface area contributed by atoms with E-state index in [2.05, 4.69) is 23.5 Å². The molecule has 0 saturated carbocycles. The van der Waals surface area contributed by atoms with E-state index in [-0.39, 0.29) is 17.9 Å². The molecular weight excluding hydrogens is 432 g/mol. The zero-order chi connectivity index (χ0) is 22.8. The van der Waals surface area contributed by atoms with Crippen LogP contribution in [0.1, 0.15) is 48.5 Å². The molecular formula is C26H28N4O2S. The monoisotopic (exact) mass is 460 g/mol. The fraction of sp³-hybridized carbons (Fsp3) is 0.346. The molecule has 1 aliphatic carbocycles. The molecule has 33 heavy (non-hydrogen) atoms. The Hall–Kier alpha value is -3.06. The van der Waals surface area contributed by atoms with E-state index in [0.29, 0.717) is 25.1 Å². The quantitative estimate of drug-likeness (QED) is 0.584. The maximum atomic E-state index is 12.8. The first kappa shape index (κ1) is 21.8. The zero-order valence-corrected chi connectivity index (χ0v) is 19.6. The van der Waals surface area contributed by atoms with Gasteiger partial charge in [0.25, 0.3) is 0 Å². The number of para-hydroxylation sites is 1. The van der Waals surface area contributed by atoms with Crippen molar-refractivity contribution < 1.29 is 9.59 Å². The molecule has 2 amide bonds. The zero-order valence-electron chi connectivity index (χ0n) is 18.8. The minimum atomic E-state index is 0.0486. The lowest BCUT2D eigenvalue weighted by molar-refractivity contribution is -0.122. The van der Waals surface area contributed by atoms with E-state index in [1.54, 1.807) is 0 Å². The summed E-state index contributed by atoms with van der Waals surface area (Å²) in [6, 6.07) is 18.5. The van der Waals surface area contributed by atoms with Crippen LogP contribution >= 0.6 is 11.8 Å². The molecule has 0 unspecified atom stereocenters. The number of aromatic nitrogens is 2. The molecule has 0 fully saturated rings. The summed E-state index contributed by atoms with van der Waals surface area (Å²) in [7, 11) is 0. The highest BCUT2D eigenvalue weighted by Crippen LogP contribution is 2.39. The number of amides is 2. The molecule has 1 aliphatic heterocycles. The second-order valence-electron chi connectivity index (χ2n) is 8.64. The molecule has 0 bridgehead atoms. The first-order valence-electron chi connectivity index (χ1n) is 11.6. The van der Waals surface area contributed by atoms with Crippen molar-refractivity contribution in [3.63, 3.8) is 0 Å². The fourth-order valence-corrected chi connectivity index (χ4v) is 5.90. The van der Waals surface area contributed by atoms with Gasteiger partial charge in [-0.2, -0.15) is 5.10 Å². The predicted molar refractivity (Wildman–Crippen MR) is 131 cm³/mol. The van der Waals surface area contributed by atoms with Gasteiger partial charge in [-0.1, -0.05) is 54.2 Å². The maximum absolute atomic E-state index is 12.8. The number of anilines is 1. The SMILES string of the molecule is Cc1nn(-c2ccccc2)c2c1N(CCCC(=O)N[C@H]1CCCc3ccccc31)C(=O)CS2. The van der Waals surface area contributed by atoms with Gasteiger partial charge in [-0.15, -0.1) is 0 Å². The molecule has 2 aliphatic rings.